The van der Waals surface area contributed by atoms with Crippen LogP contribution in [-0.2, 0) is 9.47 Å². The molecule has 4 heteroatoms. The smallest absolute Gasteiger partial charge is 0.135 e. The molecule has 0 atom stereocenters. The molecule has 218 valence electrons. The summed E-state index contributed by atoms with van der Waals surface area (Å²) in [5.41, 5.74) is 14.3. The highest BCUT2D eigenvalue weighted by Gasteiger charge is 2.09. The Balaban J connectivity index is 4.49. The van der Waals surface area contributed by atoms with Gasteiger partial charge >= 0.3 is 0 Å². The highest BCUT2D eigenvalue weighted by molar-refractivity contribution is 6.36. The maximum absolute atomic E-state index is 6.17. The zero-order chi connectivity index (χ0) is 28.6. The molecule has 0 aliphatic carbocycles. The van der Waals surface area contributed by atoms with Crippen molar-refractivity contribution in [3.8, 4) is 0 Å². The third-order valence-electron chi connectivity index (χ3n) is 6.57. The lowest BCUT2D eigenvalue weighted by Gasteiger charge is -2.17. The van der Waals surface area contributed by atoms with E-state index < -0.39 is 9.52 Å². The van der Waals surface area contributed by atoms with Gasteiger partial charge in [-0.25, -0.2) is 0 Å². The Labute approximate surface area is 239 Å². The molecule has 0 radical (unpaired) electrons. The molecule has 0 aliphatic heterocycles. The number of rotatable bonds is 22. The fourth-order valence-electron chi connectivity index (χ4n) is 3.94. The SMILES string of the molecule is CC(C)=CCCC(C)=CCCC(C)=CCOC(OCC=C(C)CCC=C(C)CCC=C(C)C)[SiH2]CCCN. The van der Waals surface area contributed by atoms with Crippen molar-refractivity contribution >= 4 is 9.52 Å². The number of hydrogen-bond acceptors (Lipinski definition) is 3. The molecule has 0 spiro atoms. The van der Waals surface area contributed by atoms with Crippen LogP contribution in [0.15, 0.2) is 69.9 Å². The Morgan fingerprint density at radius 1 is 0.579 bits per heavy atom. The van der Waals surface area contributed by atoms with E-state index in [-0.39, 0.29) is 5.91 Å². The van der Waals surface area contributed by atoms with Gasteiger partial charge in [-0.3, -0.25) is 0 Å². The van der Waals surface area contributed by atoms with Gasteiger partial charge in [0.2, 0.25) is 0 Å². The van der Waals surface area contributed by atoms with E-state index in [1.807, 2.05) is 0 Å². The predicted octanol–water partition coefficient (Wildman–Crippen LogP) is 9.08. The van der Waals surface area contributed by atoms with Crippen molar-refractivity contribution in [2.24, 2.45) is 5.73 Å². The van der Waals surface area contributed by atoms with Gasteiger partial charge in [-0.2, -0.15) is 0 Å². The van der Waals surface area contributed by atoms with Crippen molar-refractivity contribution in [1.29, 1.82) is 0 Å². The number of allylic oxidation sites excluding steroid dienone is 10. The summed E-state index contributed by atoms with van der Waals surface area (Å²) in [7, 11) is -0.469. The standard InChI is InChI=1S/C34H61NO2Si/c1-28(2)14-9-16-30(5)18-11-20-32(7)22-25-36-34(38-27-13-24-35)37-26-23-33(8)21-12-19-31(6)17-10-15-29(3)4/h14-15,18-19,22-23,34H,9-13,16-17,20-21,24-27,35,38H2,1-8H3. The third kappa shape index (κ3) is 24.8. The molecule has 0 saturated heterocycles. The number of ether oxygens (including phenoxy) is 2. The van der Waals surface area contributed by atoms with E-state index in [9.17, 15) is 0 Å². The van der Waals surface area contributed by atoms with Gasteiger partial charge in [-0.15, -0.1) is 0 Å². The molecule has 0 aromatic carbocycles. The molecule has 2 N–H and O–H groups in total. The normalized spacial score (nSPS) is 14.3. The van der Waals surface area contributed by atoms with Crippen molar-refractivity contribution in [2.45, 2.75) is 125 Å². The minimum atomic E-state index is -0.469. The van der Waals surface area contributed by atoms with E-state index in [1.54, 1.807) is 0 Å². The lowest BCUT2D eigenvalue weighted by atomic mass is 10.1. The molecule has 0 aromatic heterocycles. The van der Waals surface area contributed by atoms with Gasteiger partial charge < -0.3 is 15.2 Å². The van der Waals surface area contributed by atoms with E-state index >= 15 is 0 Å². The minimum Gasteiger partial charge on any atom is -0.353 e. The summed E-state index contributed by atoms with van der Waals surface area (Å²) < 4.78 is 12.3. The fourth-order valence-corrected chi connectivity index (χ4v) is 5.46. The van der Waals surface area contributed by atoms with Crippen LogP contribution in [0.25, 0.3) is 0 Å². The first-order chi connectivity index (χ1) is 18.1. The van der Waals surface area contributed by atoms with Gasteiger partial charge in [0, 0.05) is 0 Å². The molecule has 0 aromatic rings. The first-order valence-electron chi connectivity index (χ1n) is 15.0. The van der Waals surface area contributed by atoms with Crippen molar-refractivity contribution in [3.05, 3.63) is 69.9 Å². The van der Waals surface area contributed by atoms with Crippen molar-refractivity contribution < 1.29 is 9.47 Å². The zero-order valence-corrected chi connectivity index (χ0v) is 27.7. The van der Waals surface area contributed by atoms with Gasteiger partial charge in [0.05, 0.1) is 22.7 Å². The molecule has 3 nitrogen and oxygen atoms in total. The monoisotopic (exact) mass is 543 g/mol. The van der Waals surface area contributed by atoms with Crippen LogP contribution in [0.3, 0.4) is 0 Å². The first-order valence-corrected chi connectivity index (χ1v) is 16.8. The molecular formula is C34H61NO2Si. The lowest BCUT2D eigenvalue weighted by molar-refractivity contribution is -0.0726. The summed E-state index contributed by atoms with van der Waals surface area (Å²) in [4.78, 5) is 0. The van der Waals surface area contributed by atoms with Crippen LogP contribution in [0.2, 0.25) is 6.04 Å². The molecule has 0 aliphatic rings. The molecule has 0 heterocycles. The second-order valence-corrected chi connectivity index (χ2v) is 13.3. The molecule has 38 heavy (non-hydrogen) atoms. The maximum atomic E-state index is 6.17. The summed E-state index contributed by atoms with van der Waals surface area (Å²) in [6.45, 7) is 19.6. The van der Waals surface area contributed by atoms with Gasteiger partial charge in [-0.1, -0.05) is 75.9 Å². The van der Waals surface area contributed by atoms with E-state index in [0.29, 0.717) is 13.2 Å². The quantitative estimate of drug-likeness (QED) is 0.0641. The van der Waals surface area contributed by atoms with Crippen molar-refractivity contribution in [3.63, 3.8) is 0 Å². The zero-order valence-electron chi connectivity index (χ0n) is 26.3. The van der Waals surface area contributed by atoms with Crippen molar-refractivity contribution in [2.75, 3.05) is 19.8 Å². The van der Waals surface area contributed by atoms with Crippen LogP contribution in [-0.4, -0.2) is 35.2 Å². The van der Waals surface area contributed by atoms with E-state index in [2.05, 4.69) is 91.8 Å². The van der Waals surface area contributed by atoms with Crippen LogP contribution in [0.1, 0.15) is 113 Å². The van der Waals surface area contributed by atoms with E-state index in [1.165, 1.54) is 39.5 Å². The van der Waals surface area contributed by atoms with Gasteiger partial charge in [0.15, 0.2) is 0 Å². The summed E-state index contributed by atoms with van der Waals surface area (Å²) in [6, 6.07) is 1.17. The van der Waals surface area contributed by atoms with Gasteiger partial charge in [0.1, 0.15) is 5.91 Å². The topological polar surface area (TPSA) is 44.5 Å². The molecular weight excluding hydrogens is 482 g/mol. The van der Waals surface area contributed by atoms with Crippen LogP contribution in [0.5, 0.6) is 0 Å². The molecule has 0 saturated carbocycles. The Morgan fingerprint density at radius 2 is 0.947 bits per heavy atom. The summed E-state index contributed by atoms with van der Waals surface area (Å²) in [5.74, 6) is -0.0379. The minimum absolute atomic E-state index is 0.0379. The third-order valence-corrected chi connectivity index (χ3v) is 8.42. The van der Waals surface area contributed by atoms with Gasteiger partial charge in [0.25, 0.3) is 0 Å². The Kier molecular flexibility index (Phi) is 23.6. The number of hydrogen-bond donors (Lipinski definition) is 1. The van der Waals surface area contributed by atoms with E-state index in [0.717, 1.165) is 64.3 Å². The Hall–Kier alpha value is -1.46. The first kappa shape index (κ1) is 36.5. The second-order valence-electron chi connectivity index (χ2n) is 11.3. The van der Waals surface area contributed by atoms with Crippen LogP contribution < -0.4 is 5.73 Å². The van der Waals surface area contributed by atoms with Crippen molar-refractivity contribution in [1.82, 2.24) is 0 Å². The highest BCUT2D eigenvalue weighted by atomic mass is 28.2. The molecule has 0 fully saturated rings. The largest absolute Gasteiger partial charge is 0.353 e. The van der Waals surface area contributed by atoms with Crippen LogP contribution >= 0.6 is 0 Å². The number of nitrogens with two attached hydrogens (primary N) is 1. The molecule has 0 amide bonds. The predicted molar refractivity (Wildman–Crippen MR) is 174 cm³/mol. The summed E-state index contributed by atoms with van der Waals surface area (Å²) in [6.07, 6.45) is 23.9. The Morgan fingerprint density at radius 3 is 1.32 bits per heavy atom. The Bertz CT molecular complexity index is 731. The fraction of sp³-hybridized carbons (Fsp3) is 0.647. The van der Waals surface area contributed by atoms with E-state index in [4.69, 9.17) is 15.2 Å². The van der Waals surface area contributed by atoms with Gasteiger partial charge in [-0.05, 0) is 120 Å². The maximum Gasteiger partial charge on any atom is 0.135 e. The summed E-state index contributed by atoms with van der Waals surface area (Å²) in [5, 5.41) is 0. The average Bonchev–Trinajstić information content (AvgIpc) is 2.83. The van der Waals surface area contributed by atoms with Crippen LogP contribution in [0.4, 0.5) is 0 Å². The summed E-state index contributed by atoms with van der Waals surface area (Å²) >= 11 is 0. The lowest BCUT2D eigenvalue weighted by Crippen LogP contribution is -2.25. The molecule has 0 unspecified atom stereocenters. The second kappa shape index (κ2) is 24.6. The molecule has 0 rings (SSSR count). The highest BCUT2D eigenvalue weighted by Crippen LogP contribution is 2.13. The average molecular weight is 544 g/mol. The van der Waals surface area contributed by atoms with Crippen LogP contribution in [0, 0.1) is 0 Å². The molecule has 0 bridgehead atoms.